The Morgan fingerprint density at radius 2 is 1.88 bits per heavy atom. The predicted octanol–water partition coefficient (Wildman–Crippen LogP) is 4.44. The molecule has 0 fully saturated rings. The molecule has 0 amide bonds. The third-order valence-corrected chi connectivity index (χ3v) is 3.30. The monoisotopic (exact) mass is 252 g/mol. The first-order chi connectivity index (χ1) is 7.47. The van der Waals surface area contributed by atoms with Crippen LogP contribution in [-0.4, -0.2) is 11.1 Å². The van der Waals surface area contributed by atoms with E-state index in [1.54, 1.807) is 11.8 Å². The van der Waals surface area contributed by atoms with Crippen LogP contribution in [0.2, 0.25) is 0 Å². The predicted molar refractivity (Wildman–Crippen MR) is 74.0 cm³/mol. The number of hydrogen-bond acceptors (Lipinski definition) is 1. The van der Waals surface area contributed by atoms with Gasteiger partial charge in [-0.15, -0.1) is 23.4 Å². The number of thioether (sulfide) groups is 1. The Hall–Kier alpha value is -0.580. The maximum absolute atomic E-state index is 6.14. The highest BCUT2D eigenvalue weighted by atomic mass is 35.5. The Morgan fingerprint density at radius 1 is 1.25 bits per heavy atom. The van der Waals surface area contributed by atoms with E-state index in [0.29, 0.717) is 0 Å². The summed E-state index contributed by atoms with van der Waals surface area (Å²) in [6, 6.07) is 10.3. The van der Waals surface area contributed by atoms with Gasteiger partial charge in [0.1, 0.15) is 5.38 Å². The van der Waals surface area contributed by atoms with Crippen LogP contribution >= 0.6 is 23.4 Å². The molecule has 0 saturated heterocycles. The standard InChI is InChI=1S/C14H17ClS/c1-14(2,3)10-9-12(15)11-16-13-7-5-4-6-8-13/h4-8,12H,11H2,1-3H3. The molecule has 0 nitrogen and oxygen atoms in total. The first kappa shape index (κ1) is 13.5. The van der Waals surface area contributed by atoms with Gasteiger partial charge in [0.25, 0.3) is 0 Å². The lowest BCUT2D eigenvalue weighted by molar-refractivity contribution is 0.570. The molecule has 0 spiro atoms. The van der Waals surface area contributed by atoms with Crippen molar-refractivity contribution in [2.75, 3.05) is 5.75 Å². The van der Waals surface area contributed by atoms with Gasteiger partial charge in [-0.2, -0.15) is 0 Å². The largest absolute Gasteiger partial charge is 0.124 e. The maximum atomic E-state index is 6.14. The molecule has 1 aromatic rings. The third-order valence-electron chi connectivity index (χ3n) is 1.74. The highest BCUT2D eigenvalue weighted by Crippen LogP contribution is 2.20. The van der Waals surface area contributed by atoms with E-state index in [9.17, 15) is 0 Å². The van der Waals surface area contributed by atoms with Crippen molar-refractivity contribution < 1.29 is 0 Å². The zero-order valence-corrected chi connectivity index (χ0v) is 11.5. The SMILES string of the molecule is CC(C)(C)C#CC(Cl)CSc1ccccc1. The van der Waals surface area contributed by atoms with E-state index in [-0.39, 0.29) is 10.8 Å². The van der Waals surface area contributed by atoms with Crippen molar-refractivity contribution in [1.29, 1.82) is 0 Å². The zero-order chi connectivity index (χ0) is 12.0. The molecule has 1 rings (SSSR count). The molecule has 0 heterocycles. The smallest absolute Gasteiger partial charge is 0.104 e. The van der Waals surface area contributed by atoms with Gasteiger partial charge in [0.15, 0.2) is 0 Å². The quantitative estimate of drug-likeness (QED) is 0.436. The van der Waals surface area contributed by atoms with Crippen LogP contribution in [0, 0.1) is 17.3 Å². The molecule has 0 saturated carbocycles. The molecule has 0 N–H and O–H groups in total. The van der Waals surface area contributed by atoms with E-state index in [1.165, 1.54) is 4.90 Å². The number of alkyl halides is 1. The van der Waals surface area contributed by atoms with Crippen molar-refractivity contribution in [3.05, 3.63) is 30.3 Å². The van der Waals surface area contributed by atoms with Crippen LogP contribution in [0.15, 0.2) is 35.2 Å². The van der Waals surface area contributed by atoms with E-state index >= 15 is 0 Å². The third kappa shape index (κ3) is 6.10. The fraction of sp³-hybridized carbons (Fsp3) is 0.429. The maximum Gasteiger partial charge on any atom is 0.104 e. The van der Waals surface area contributed by atoms with Crippen molar-refractivity contribution >= 4 is 23.4 Å². The van der Waals surface area contributed by atoms with Gasteiger partial charge in [-0.05, 0) is 32.9 Å². The highest BCUT2D eigenvalue weighted by Gasteiger charge is 2.06. The number of halogens is 1. The fourth-order valence-corrected chi connectivity index (χ4v) is 2.04. The van der Waals surface area contributed by atoms with Crippen LogP contribution in [0.25, 0.3) is 0 Å². The first-order valence-corrected chi connectivity index (χ1v) is 6.74. The van der Waals surface area contributed by atoms with Crippen molar-refractivity contribution in [3.8, 4) is 11.8 Å². The second-order valence-corrected chi connectivity index (χ2v) is 6.23. The van der Waals surface area contributed by atoms with Gasteiger partial charge in [0.05, 0.1) is 0 Å². The summed E-state index contributed by atoms with van der Waals surface area (Å²) < 4.78 is 0. The Balaban J connectivity index is 2.41. The molecule has 0 aliphatic rings. The molecule has 1 aromatic carbocycles. The minimum atomic E-state index is -0.0792. The Labute approximate surface area is 108 Å². The van der Waals surface area contributed by atoms with Gasteiger partial charge >= 0.3 is 0 Å². The molecular formula is C14H17ClS. The van der Waals surface area contributed by atoms with Crippen LogP contribution in [-0.2, 0) is 0 Å². The van der Waals surface area contributed by atoms with Gasteiger partial charge in [-0.1, -0.05) is 30.0 Å². The normalized spacial score (nSPS) is 12.8. The van der Waals surface area contributed by atoms with E-state index < -0.39 is 0 Å². The lowest BCUT2D eigenvalue weighted by atomic mass is 9.98. The molecule has 2 heteroatoms. The molecule has 0 bridgehead atoms. The molecule has 0 radical (unpaired) electrons. The van der Waals surface area contributed by atoms with Crippen molar-refractivity contribution in [2.45, 2.75) is 31.0 Å². The van der Waals surface area contributed by atoms with Crippen molar-refractivity contribution in [2.24, 2.45) is 5.41 Å². The van der Waals surface area contributed by atoms with E-state index in [1.807, 2.05) is 18.2 Å². The molecule has 86 valence electrons. The minimum absolute atomic E-state index is 0.0323. The molecular weight excluding hydrogens is 236 g/mol. The van der Waals surface area contributed by atoms with Crippen LogP contribution < -0.4 is 0 Å². The molecule has 1 atom stereocenters. The van der Waals surface area contributed by atoms with Crippen LogP contribution in [0.5, 0.6) is 0 Å². The summed E-state index contributed by atoms with van der Waals surface area (Å²) in [7, 11) is 0. The molecule has 0 aromatic heterocycles. The van der Waals surface area contributed by atoms with Gasteiger partial charge < -0.3 is 0 Å². The average molecular weight is 253 g/mol. The molecule has 1 unspecified atom stereocenters. The molecule has 0 aliphatic heterocycles. The summed E-state index contributed by atoms with van der Waals surface area (Å²) in [5.74, 6) is 7.08. The average Bonchev–Trinajstić information content (AvgIpc) is 2.24. The number of benzene rings is 1. The van der Waals surface area contributed by atoms with Crippen LogP contribution in [0.3, 0.4) is 0 Å². The van der Waals surface area contributed by atoms with Gasteiger partial charge in [0.2, 0.25) is 0 Å². The lowest BCUT2D eigenvalue weighted by Gasteiger charge is -2.08. The topological polar surface area (TPSA) is 0 Å². The second-order valence-electron chi connectivity index (χ2n) is 4.61. The summed E-state index contributed by atoms with van der Waals surface area (Å²) in [6.45, 7) is 6.27. The lowest BCUT2D eigenvalue weighted by Crippen LogP contribution is -2.03. The van der Waals surface area contributed by atoms with Crippen LogP contribution in [0.4, 0.5) is 0 Å². The van der Waals surface area contributed by atoms with E-state index in [2.05, 4.69) is 44.7 Å². The van der Waals surface area contributed by atoms with E-state index in [4.69, 9.17) is 11.6 Å². The zero-order valence-electron chi connectivity index (χ0n) is 9.96. The summed E-state index contributed by atoms with van der Waals surface area (Å²) in [6.07, 6.45) is 0. The van der Waals surface area contributed by atoms with Crippen molar-refractivity contribution in [1.82, 2.24) is 0 Å². The number of hydrogen-bond donors (Lipinski definition) is 0. The molecule has 16 heavy (non-hydrogen) atoms. The summed E-state index contributed by atoms with van der Waals surface area (Å²) in [5.41, 5.74) is 0.0323. The van der Waals surface area contributed by atoms with Gasteiger partial charge in [0, 0.05) is 16.1 Å². The van der Waals surface area contributed by atoms with Gasteiger partial charge in [-0.3, -0.25) is 0 Å². The first-order valence-electron chi connectivity index (χ1n) is 5.32. The Morgan fingerprint density at radius 3 is 2.44 bits per heavy atom. The molecule has 0 aliphatic carbocycles. The van der Waals surface area contributed by atoms with Crippen LogP contribution in [0.1, 0.15) is 20.8 Å². The summed E-state index contributed by atoms with van der Waals surface area (Å²) >= 11 is 7.89. The van der Waals surface area contributed by atoms with Gasteiger partial charge in [-0.25, -0.2) is 0 Å². The Kier molecular flexibility index (Phi) is 5.25. The Bertz CT molecular complexity index is 367. The highest BCUT2D eigenvalue weighted by molar-refractivity contribution is 7.99. The minimum Gasteiger partial charge on any atom is -0.124 e. The fourth-order valence-electron chi connectivity index (χ4n) is 1.02. The summed E-state index contributed by atoms with van der Waals surface area (Å²) in [4.78, 5) is 1.24. The van der Waals surface area contributed by atoms with Crippen molar-refractivity contribution in [3.63, 3.8) is 0 Å². The second kappa shape index (κ2) is 6.23. The van der Waals surface area contributed by atoms with E-state index in [0.717, 1.165) is 5.75 Å². The number of rotatable bonds is 3. The summed E-state index contributed by atoms with van der Waals surface area (Å²) in [5, 5.41) is -0.0792.